The lowest BCUT2D eigenvalue weighted by molar-refractivity contribution is 0.238. The van der Waals surface area contributed by atoms with Crippen LogP contribution in [0.25, 0.3) is 0 Å². The lowest BCUT2D eigenvalue weighted by Gasteiger charge is -2.17. The third-order valence-corrected chi connectivity index (χ3v) is 4.31. The van der Waals surface area contributed by atoms with Gasteiger partial charge in [0.05, 0.1) is 17.7 Å². The molecular weight excluding hydrogens is 422 g/mol. The van der Waals surface area contributed by atoms with E-state index < -0.39 is 0 Å². The van der Waals surface area contributed by atoms with Gasteiger partial charge in [0.15, 0.2) is 0 Å². The van der Waals surface area contributed by atoms with Crippen molar-refractivity contribution in [1.82, 2.24) is 5.32 Å². The molecule has 0 aromatic heterocycles. The van der Waals surface area contributed by atoms with Crippen molar-refractivity contribution in [3.63, 3.8) is 0 Å². The van der Waals surface area contributed by atoms with Gasteiger partial charge >= 0.3 is 0 Å². The first-order chi connectivity index (χ1) is 11.0. The van der Waals surface area contributed by atoms with Crippen molar-refractivity contribution < 1.29 is 9.47 Å². The monoisotopic (exact) mass is 441 g/mol. The molecule has 0 heterocycles. The maximum atomic E-state index is 5.95. The fourth-order valence-corrected chi connectivity index (χ4v) is 3.70. The molecule has 1 N–H and O–H groups in total. The van der Waals surface area contributed by atoms with Gasteiger partial charge in [-0.25, -0.2) is 0 Å². The van der Waals surface area contributed by atoms with Crippen LogP contribution < -0.4 is 14.8 Å². The lowest BCUT2D eigenvalue weighted by atomic mass is 10.1. The normalized spacial score (nSPS) is 10.9. The van der Waals surface area contributed by atoms with E-state index in [1.165, 1.54) is 0 Å². The summed E-state index contributed by atoms with van der Waals surface area (Å²) in [5.74, 6) is 1.78. The minimum Gasteiger partial charge on any atom is -0.496 e. The van der Waals surface area contributed by atoms with Crippen molar-refractivity contribution in [2.45, 2.75) is 33.0 Å². The van der Waals surface area contributed by atoms with E-state index in [1.807, 2.05) is 38.1 Å². The Morgan fingerprint density at radius 2 is 1.74 bits per heavy atom. The molecule has 0 spiro atoms. The first-order valence-corrected chi connectivity index (χ1v) is 9.07. The van der Waals surface area contributed by atoms with E-state index in [2.05, 4.69) is 49.3 Å². The van der Waals surface area contributed by atoms with Gasteiger partial charge in [0.2, 0.25) is 0 Å². The quantitative estimate of drug-likeness (QED) is 0.631. The van der Waals surface area contributed by atoms with Gasteiger partial charge in [-0.3, -0.25) is 0 Å². The van der Waals surface area contributed by atoms with E-state index >= 15 is 0 Å². The standard InChI is InChI=1S/C18H21Br2NO2/c1-12(2)23-18-14(8-15(19)9-16(18)20)11-21-10-13-6-4-5-7-17(13)22-3/h4-9,12,21H,10-11H2,1-3H3. The largest absolute Gasteiger partial charge is 0.496 e. The number of ether oxygens (including phenoxy) is 2. The highest BCUT2D eigenvalue weighted by molar-refractivity contribution is 9.11. The fourth-order valence-electron chi connectivity index (χ4n) is 2.29. The number of hydrogen-bond acceptors (Lipinski definition) is 3. The third-order valence-electron chi connectivity index (χ3n) is 3.26. The van der Waals surface area contributed by atoms with Crippen LogP contribution in [0, 0.1) is 0 Å². The van der Waals surface area contributed by atoms with Crippen molar-refractivity contribution >= 4 is 31.9 Å². The molecule has 0 amide bonds. The van der Waals surface area contributed by atoms with Crippen molar-refractivity contribution in [2.24, 2.45) is 0 Å². The summed E-state index contributed by atoms with van der Waals surface area (Å²) in [6.07, 6.45) is 0.125. The average Bonchev–Trinajstić information content (AvgIpc) is 2.50. The molecule has 0 atom stereocenters. The van der Waals surface area contributed by atoms with Crippen LogP contribution in [0.4, 0.5) is 0 Å². The number of hydrogen-bond donors (Lipinski definition) is 1. The average molecular weight is 443 g/mol. The van der Waals surface area contributed by atoms with Gasteiger partial charge in [0.25, 0.3) is 0 Å². The fraction of sp³-hybridized carbons (Fsp3) is 0.333. The summed E-state index contributed by atoms with van der Waals surface area (Å²) >= 11 is 7.12. The Hall–Kier alpha value is -1.04. The highest BCUT2D eigenvalue weighted by Gasteiger charge is 2.12. The number of para-hydroxylation sites is 1. The van der Waals surface area contributed by atoms with Crippen LogP contribution in [0.3, 0.4) is 0 Å². The molecule has 0 bridgehead atoms. The van der Waals surface area contributed by atoms with E-state index in [-0.39, 0.29) is 6.10 Å². The van der Waals surface area contributed by atoms with E-state index in [9.17, 15) is 0 Å². The van der Waals surface area contributed by atoms with Gasteiger partial charge in [0, 0.05) is 28.7 Å². The zero-order valence-electron chi connectivity index (χ0n) is 13.5. The number of benzene rings is 2. The van der Waals surface area contributed by atoms with Crippen LogP contribution in [-0.2, 0) is 13.1 Å². The minimum atomic E-state index is 0.125. The second kappa shape index (κ2) is 8.71. The second-order valence-electron chi connectivity index (χ2n) is 5.46. The predicted molar refractivity (Wildman–Crippen MR) is 101 cm³/mol. The maximum Gasteiger partial charge on any atom is 0.138 e. The molecule has 23 heavy (non-hydrogen) atoms. The number of halogens is 2. The van der Waals surface area contributed by atoms with E-state index in [0.717, 1.165) is 38.1 Å². The summed E-state index contributed by atoms with van der Waals surface area (Å²) in [6.45, 7) is 5.49. The number of methoxy groups -OCH3 is 1. The predicted octanol–water partition coefficient (Wildman–Crippen LogP) is 5.30. The summed E-state index contributed by atoms with van der Waals surface area (Å²) in [5.41, 5.74) is 2.24. The summed E-state index contributed by atoms with van der Waals surface area (Å²) in [5, 5.41) is 3.46. The smallest absolute Gasteiger partial charge is 0.138 e. The van der Waals surface area contributed by atoms with Crippen molar-refractivity contribution in [1.29, 1.82) is 0 Å². The Morgan fingerprint density at radius 1 is 1.04 bits per heavy atom. The van der Waals surface area contributed by atoms with Crippen LogP contribution in [0.2, 0.25) is 0 Å². The Labute approximate surface area is 154 Å². The highest BCUT2D eigenvalue weighted by atomic mass is 79.9. The van der Waals surface area contributed by atoms with Crippen LogP contribution in [-0.4, -0.2) is 13.2 Å². The molecule has 0 saturated carbocycles. The molecule has 0 unspecified atom stereocenters. The SMILES string of the molecule is COc1ccccc1CNCc1cc(Br)cc(Br)c1OC(C)C. The van der Waals surface area contributed by atoms with Crippen LogP contribution >= 0.6 is 31.9 Å². The molecule has 0 aliphatic carbocycles. The minimum absolute atomic E-state index is 0.125. The molecule has 0 aliphatic heterocycles. The van der Waals surface area contributed by atoms with Crippen LogP contribution in [0.15, 0.2) is 45.3 Å². The first-order valence-electron chi connectivity index (χ1n) is 7.48. The molecule has 0 fully saturated rings. The van der Waals surface area contributed by atoms with Crippen molar-refractivity contribution in [2.75, 3.05) is 7.11 Å². The Balaban J connectivity index is 2.10. The van der Waals surface area contributed by atoms with E-state index in [0.29, 0.717) is 6.54 Å². The molecule has 0 saturated heterocycles. The summed E-state index contributed by atoms with van der Waals surface area (Å²) in [7, 11) is 1.69. The van der Waals surface area contributed by atoms with Gasteiger partial charge in [-0.15, -0.1) is 0 Å². The zero-order chi connectivity index (χ0) is 16.8. The third kappa shape index (κ3) is 5.23. The highest BCUT2D eigenvalue weighted by Crippen LogP contribution is 2.33. The topological polar surface area (TPSA) is 30.5 Å². The van der Waals surface area contributed by atoms with Gasteiger partial charge in [-0.05, 0) is 48.0 Å². The summed E-state index contributed by atoms with van der Waals surface area (Å²) in [4.78, 5) is 0. The van der Waals surface area contributed by atoms with E-state index in [4.69, 9.17) is 9.47 Å². The summed E-state index contributed by atoms with van der Waals surface area (Å²) in [6, 6.07) is 12.1. The van der Waals surface area contributed by atoms with Crippen molar-refractivity contribution in [3.05, 3.63) is 56.5 Å². The van der Waals surface area contributed by atoms with Gasteiger partial charge in [0.1, 0.15) is 11.5 Å². The molecule has 2 aromatic carbocycles. The second-order valence-corrected chi connectivity index (χ2v) is 7.23. The van der Waals surface area contributed by atoms with Crippen molar-refractivity contribution in [3.8, 4) is 11.5 Å². The Bertz CT molecular complexity index is 659. The maximum absolute atomic E-state index is 5.95. The molecule has 3 nitrogen and oxygen atoms in total. The Morgan fingerprint density at radius 3 is 2.43 bits per heavy atom. The van der Waals surface area contributed by atoms with Gasteiger partial charge in [-0.1, -0.05) is 34.1 Å². The number of rotatable bonds is 7. The van der Waals surface area contributed by atoms with Gasteiger partial charge in [-0.2, -0.15) is 0 Å². The van der Waals surface area contributed by atoms with E-state index in [1.54, 1.807) is 7.11 Å². The molecule has 0 aliphatic rings. The molecule has 0 radical (unpaired) electrons. The van der Waals surface area contributed by atoms with Crippen LogP contribution in [0.5, 0.6) is 11.5 Å². The molecule has 2 aromatic rings. The molecular formula is C18H21Br2NO2. The lowest BCUT2D eigenvalue weighted by Crippen LogP contribution is -2.16. The van der Waals surface area contributed by atoms with Crippen LogP contribution in [0.1, 0.15) is 25.0 Å². The molecule has 5 heteroatoms. The molecule has 124 valence electrons. The Kier molecular flexibility index (Phi) is 6.93. The molecule has 2 rings (SSSR count). The number of nitrogens with one attached hydrogen (secondary N) is 1. The van der Waals surface area contributed by atoms with Gasteiger partial charge < -0.3 is 14.8 Å². The first kappa shape index (κ1) is 18.3. The zero-order valence-corrected chi connectivity index (χ0v) is 16.7. The summed E-state index contributed by atoms with van der Waals surface area (Å²) < 4.78 is 13.3.